The van der Waals surface area contributed by atoms with Gasteiger partial charge in [0, 0.05) is 12.1 Å². The Labute approximate surface area is 119 Å². The van der Waals surface area contributed by atoms with E-state index in [1.165, 1.54) is 0 Å². The van der Waals surface area contributed by atoms with Gasteiger partial charge in [-0.05, 0) is 18.6 Å². The van der Waals surface area contributed by atoms with Crippen LogP contribution in [0.1, 0.15) is 19.8 Å². The number of nitrogens with zero attached hydrogens (tertiary/aromatic N) is 1. The van der Waals surface area contributed by atoms with Crippen LogP contribution in [-0.4, -0.2) is 18.7 Å². The summed E-state index contributed by atoms with van der Waals surface area (Å²) >= 11 is 0. The molecule has 21 heavy (non-hydrogen) atoms. The highest BCUT2D eigenvalue weighted by molar-refractivity contribution is 5.91. The Morgan fingerprint density at radius 2 is 2.19 bits per heavy atom. The minimum absolute atomic E-state index is 0.105. The fourth-order valence-electron chi connectivity index (χ4n) is 1.55. The van der Waals surface area contributed by atoms with E-state index in [0.29, 0.717) is 6.42 Å². The number of hydrogen-bond acceptors (Lipinski definition) is 3. The number of benzene rings is 1. The molecule has 2 amide bonds. The highest BCUT2D eigenvalue weighted by atomic mass is 19.3. The SMILES string of the molecule is CCC(CC#N)NC(=O)Nc1cc(F)ccc1OC(F)F. The van der Waals surface area contributed by atoms with Crippen LogP contribution < -0.4 is 15.4 Å². The van der Waals surface area contributed by atoms with Crippen LogP contribution in [0.4, 0.5) is 23.7 Å². The molecular formula is C13H14F3N3O2. The fraction of sp³-hybridized carbons (Fsp3) is 0.385. The molecule has 0 bridgehead atoms. The van der Waals surface area contributed by atoms with Crippen molar-refractivity contribution < 1.29 is 22.7 Å². The van der Waals surface area contributed by atoms with Crippen LogP contribution in [0.25, 0.3) is 0 Å². The number of alkyl halides is 2. The lowest BCUT2D eigenvalue weighted by atomic mass is 10.2. The first-order chi connectivity index (χ1) is 9.96. The summed E-state index contributed by atoms with van der Waals surface area (Å²) in [5, 5.41) is 13.3. The third-order valence-corrected chi connectivity index (χ3v) is 2.57. The zero-order chi connectivity index (χ0) is 15.8. The molecule has 1 unspecified atom stereocenters. The van der Waals surface area contributed by atoms with Gasteiger partial charge in [-0.1, -0.05) is 6.92 Å². The van der Waals surface area contributed by atoms with Gasteiger partial charge in [-0.25, -0.2) is 9.18 Å². The van der Waals surface area contributed by atoms with Gasteiger partial charge in [-0.3, -0.25) is 0 Å². The van der Waals surface area contributed by atoms with E-state index < -0.39 is 18.5 Å². The van der Waals surface area contributed by atoms with Crippen molar-refractivity contribution in [2.45, 2.75) is 32.4 Å². The molecule has 5 nitrogen and oxygen atoms in total. The largest absolute Gasteiger partial charge is 0.433 e. The first-order valence-electron chi connectivity index (χ1n) is 6.15. The van der Waals surface area contributed by atoms with Crippen LogP contribution >= 0.6 is 0 Å². The minimum atomic E-state index is -3.10. The lowest BCUT2D eigenvalue weighted by Gasteiger charge is -2.16. The van der Waals surface area contributed by atoms with Crippen molar-refractivity contribution in [2.75, 3.05) is 5.32 Å². The molecule has 1 aromatic rings. The van der Waals surface area contributed by atoms with Crippen molar-refractivity contribution in [3.05, 3.63) is 24.0 Å². The zero-order valence-electron chi connectivity index (χ0n) is 11.2. The maximum atomic E-state index is 13.1. The molecule has 1 atom stereocenters. The highest BCUT2D eigenvalue weighted by Gasteiger charge is 2.15. The Morgan fingerprint density at radius 1 is 1.48 bits per heavy atom. The van der Waals surface area contributed by atoms with E-state index in [4.69, 9.17) is 5.26 Å². The average Bonchev–Trinajstić information content (AvgIpc) is 2.41. The fourth-order valence-corrected chi connectivity index (χ4v) is 1.55. The summed E-state index contributed by atoms with van der Waals surface area (Å²) in [5.41, 5.74) is -0.223. The van der Waals surface area contributed by atoms with E-state index in [9.17, 15) is 18.0 Å². The second-order valence-corrected chi connectivity index (χ2v) is 4.08. The van der Waals surface area contributed by atoms with Crippen molar-refractivity contribution in [3.63, 3.8) is 0 Å². The summed E-state index contributed by atoms with van der Waals surface area (Å²) in [6.07, 6.45) is 0.623. The van der Waals surface area contributed by atoms with Crippen LogP contribution in [0.5, 0.6) is 5.75 Å². The van der Waals surface area contributed by atoms with Crippen molar-refractivity contribution in [1.82, 2.24) is 5.32 Å². The summed E-state index contributed by atoms with van der Waals surface area (Å²) < 4.78 is 41.8. The minimum Gasteiger partial charge on any atom is -0.433 e. The van der Waals surface area contributed by atoms with Crippen molar-refractivity contribution >= 4 is 11.7 Å². The van der Waals surface area contributed by atoms with Crippen molar-refractivity contribution in [2.24, 2.45) is 0 Å². The lowest BCUT2D eigenvalue weighted by Crippen LogP contribution is -2.37. The quantitative estimate of drug-likeness (QED) is 0.847. The third kappa shape index (κ3) is 5.60. The molecule has 0 heterocycles. The maximum absolute atomic E-state index is 13.1. The molecule has 1 rings (SSSR count). The van der Waals surface area contributed by atoms with Gasteiger partial charge in [0.2, 0.25) is 0 Å². The van der Waals surface area contributed by atoms with Crippen LogP contribution in [0.2, 0.25) is 0 Å². The molecule has 0 aliphatic heterocycles. The van der Waals surface area contributed by atoms with E-state index in [0.717, 1.165) is 18.2 Å². The first kappa shape index (κ1) is 16.6. The molecule has 0 fully saturated rings. The third-order valence-electron chi connectivity index (χ3n) is 2.57. The smallest absolute Gasteiger partial charge is 0.387 e. The number of rotatable bonds is 6. The summed E-state index contributed by atoms with van der Waals surface area (Å²) in [6.45, 7) is -1.32. The normalized spacial score (nSPS) is 11.6. The Kier molecular flexibility index (Phi) is 6.33. The molecule has 0 aliphatic rings. The second kappa shape index (κ2) is 7.99. The van der Waals surface area contributed by atoms with Gasteiger partial charge in [0.15, 0.2) is 0 Å². The van der Waals surface area contributed by atoms with Gasteiger partial charge < -0.3 is 15.4 Å². The summed E-state index contributed by atoms with van der Waals surface area (Å²) in [5.74, 6) is -1.06. The predicted molar refractivity (Wildman–Crippen MR) is 69.5 cm³/mol. The van der Waals surface area contributed by atoms with Crippen LogP contribution in [0.15, 0.2) is 18.2 Å². The number of nitriles is 1. The molecule has 0 aliphatic carbocycles. The molecule has 0 aromatic heterocycles. The topological polar surface area (TPSA) is 74.2 Å². The van der Waals surface area contributed by atoms with Gasteiger partial charge in [0.05, 0.1) is 18.2 Å². The predicted octanol–water partition coefficient (Wildman–Crippen LogP) is 3.24. The summed E-state index contributed by atoms with van der Waals surface area (Å²) in [6, 6.07) is 3.58. The lowest BCUT2D eigenvalue weighted by molar-refractivity contribution is -0.0494. The molecule has 1 aromatic carbocycles. The number of urea groups is 1. The molecule has 2 N–H and O–H groups in total. The molecule has 0 radical (unpaired) electrons. The zero-order valence-corrected chi connectivity index (χ0v) is 11.2. The van der Waals surface area contributed by atoms with Crippen molar-refractivity contribution in [1.29, 1.82) is 5.26 Å². The number of ether oxygens (including phenoxy) is 1. The Bertz CT molecular complexity index is 532. The van der Waals surface area contributed by atoms with Crippen LogP contribution in [0, 0.1) is 17.1 Å². The average molecular weight is 301 g/mol. The monoisotopic (exact) mass is 301 g/mol. The highest BCUT2D eigenvalue weighted by Crippen LogP contribution is 2.26. The Hall–Kier alpha value is -2.43. The van der Waals surface area contributed by atoms with Gasteiger partial charge >= 0.3 is 12.6 Å². The van der Waals surface area contributed by atoms with Gasteiger partial charge in [-0.2, -0.15) is 14.0 Å². The standard InChI is InChI=1S/C13H14F3N3O2/c1-2-9(5-6-17)18-13(20)19-10-7-8(14)3-4-11(10)21-12(15)16/h3-4,7,9,12H,2,5H2,1H3,(H2,18,19,20). The number of amides is 2. The van der Waals surface area contributed by atoms with E-state index >= 15 is 0 Å². The molecule has 8 heteroatoms. The summed E-state index contributed by atoms with van der Waals surface area (Å²) in [4.78, 5) is 11.7. The number of carbonyl (C=O) groups is 1. The van der Waals surface area contributed by atoms with Crippen LogP contribution in [-0.2, 0) is 0 Å². The second-order valence-electron chi connectivity index (χ2n) is 4.08. The van der Waals surface area contributed by atoms with E-state index in [2.05, 4.69) is 15.4 Å². The van der Waals surface area contributed by atoms with Crippen LogP contribution in [0.3, 0.4) is 0 Å². The number of anilines is 1. The van der Waals surface area contributed by atoms with E-state index in [-0.39, 0.29) is 23.9 Å². The molecule has 114 valence electrons. The Balaban J connectivity index is 2.79. The Morgan fingerprint density at radius 3 is 2.76 bits per heavy atom. The maximum Gasteiger partial charge on any atom is 0.387 e. The number of carbonyl (C=O) groups excluding carboxylic acids is 1. The van der Waals surface area contributed by atoms with Gasteiger partial charge in [-0.15, -0.1) is 0 Å². The van der Waals surface area contributed by atoms with Gasteiger partial charge in [0.1, 0.15) is 11.6 Å². The number of nitrogens with one attached hydrogen (secondary N) is 2. The van der Waals surface area contributed by atoms with Crippen molar-refractivity contribution in [3.8, 4) is 11.8 Å². The summed E-state index contributed by atoms with van der Waals surface area (Å²) in [7, 11) is 0. The van der Waals surface area contributed by atoms with E-state index in [1.807, 2.05) is 6.07 Å². The van der Waals surface area contributed by atoms with Gasteiger partial charge in [0.25, 0.3) is 0 Å². The number of hydrogen-bond donors (Lipinski definition) is 2. The van der Waals surface area contributed by atoms with E-state index in [1.54, 1.807) is 6.92 Å². The molecular weight excluding hydrogens is 287 g/mol. The molecule has 0 spiro atoms. The molecule has 0 saturated carbocycles. The number of halogens is 3. The molecule has 0 saturated heterocycles. The first-order valence-corrected chi connectivity index (χ1v) is 6.15.